The third-order valence-corrected chi connectivity index (χ3v) is 6.80. The van der Waals surface area contributed by atoms with Gasteiger partial charge in [-0.3, -0.25) is 9.36 Å². The number of nitrogens with one attached hydrogen (secondary N) is 1. The molecule has 0 spiro atoms. The third kappa shape index (κ3) is 4.64. The van der Waals surface area contributed by atoms with E-state index in [9.17, 15) is 4.79 Å². The fourth-order valence-electron chi connectivity index (χ4n) is 3.96. The number of anilines is 2. The van der Waals surface area contributed by atoms with Gasteiger partial charge in [-0.2, -0.15) is 0 Å². The molecule has 1 aromatic heterocycles. The monoisotopic (exact) mass is 465 g/mol. The number of amides is 1. The summed E-state index contributed by atoms with van der Waals surface area (Å²) in [5.74, 6) is 2.06. The van der Waals surface area contributed by atoms with Crippen molar-refractivity contribution in [2.24, 2.45) is 0 Å². The number of hydrogen-bond donors (Lipinski definition) is 1. The number of thioether (sulfide) groups is 1. The summed E-state index contributed by atoms with van der Waals surface area (Å²) in [4.78, 5) is 15.2. The molecule has 0 aliphatic carbocycles. The molecule has 172 valence electrons. The zero-order chi connectivity index (χ0) is 22.8. The van der Waals surface area contributed by atoms with Crippen LogP contribution in [0.2, 0.25) is 0 Å². The summed E-state index contributed by atoms with van der Waals surface area (Å²) >= 11 is 1.40. The highest BCUT2D eigenvalue weighted by atomic mass is 32.2. The summed E-state index contributed by atoms with van der Waals surface area (Å²) in [7, 11) is 0. The molecule has 0 radical (unpaired) electrons. The predicted octanol–water partition coefficient (Wildman–Crippen LogP) is 4.07. The maximum atomic E-state index is 13.0. The molecule has 1 N–H and O–H groups in total. The summed E-state index contributed by atoms with van der Waals surface area (Å²) < 4.78 is 13.2. The minimum absolute atomic E-state index is 0.113. The summed E-state index contributed by atoms with van der Waals surface area (Å²) in [6.07, 6.45) is 2.30. The number of benzene rings is 2. The van der Waals surface area contributed by atoms with Gasteiger partial charge < -0.3 is 19.7 Å². The normalized spacial score (nSPS) is 16.0. The Morgan fingerprint density at radius 3 is 2.52 bits per heavy atom. The predicted molar refractivity (Wildman–Crippen MR) is 129 cm³/mol. The van der Waals surface area contributed by atoms with Gasteiger partial charge in [0.15, 0.2) is 16.7 Å². The highest BCUT2D eigenvalue weighted by Gasteiger charge is 2.25. The van der Waals surface area contributed by atoms with Crippen molar-refractivity contribution in [3.05, 3.63) is 48.0 Å². The average molecular weight is 466 g/mol. The number of fused-ring (bicyclic) bond motifs is 1. The molecule has 1 unspecified atom stereocenters. The van der Waals surface area contributed by atoms with Crippen LogP contribution in [-0.4, -0.2) is 52.2 Å². The second kappa shape index (κ2) is 9.35. The minimum Gasteiger partial charge on any atom is -0.486 e. The molecule has 2 aliphatic heterocycles. The molecule has 8 nitrogen and oxygen atoms in total. The highest BCUT2D eigenvalue weighted by Crippen LogP contribution is 2.34. The Labute approximate surface area is 197 Å². The molecular weight excluding hydrogens is 438 g/mol. The largest absolute Gasteiger partial charge is 0.486 e. The molecule has 9 heteroatoms. The summed E-state index contributed by atoms with van der Waals surface area (Å²) in [5, 5.41) is 12.3. The lowest BCUT2D eigenvalue weighted by molar-refractivity contribution is -0.115. The van der Waals surface area contributed by atoms with Crippen molar-refractivity contribution in [2.75, 3.05) is 36.5 Å². The Bertz CT molecular complexity index is 1140. The highest BCUT2D eigenvalue weighted by molar-refractivity contribution is 8.00. The van der Waals surface area contributed by atoms with Gasteiger partial charge in [0, 0.05) is 24.8 Å². The zero-order valence-corrected chi connectivity index (χ0v) is 19.6. The van der Waals surface area contributed by atoms with Crippen LogP contribution in [0.25, 0.3) is 5.69 Å². The topological polar surface area (TPSA) is 81.5 Å². The molecule has 3 aromatic rings. The van der Waals surface area contributed by atoms with Gasteiger partial charge in [-0.05, 0) is 51.0 Å². The van der Waals surface area contributed by atoms with Gasteiger partial charge in [-0.25, -0.2) is 0 Å². The zero-order valence-electron chi connectivity index (χ0n) is 18.8. The van der Waals surface area contributed by atoms with Crippen LogP contribution in [0.3, 0.4) is 0 Å². The molecule has 1 atom stereocenters. The van der Waals surface area contributed by atoms with E-state index in [0.717, 1.165) is 37.6 Å². The van der Waals surface area contributed by atoms with Gasteiger partial charge in [-0.15, -0.1) is 10.2 Å². The Morgan fingerprint density at radius 2 is 1.76 bits per heavy atom. The number of nitrogens with zero attached hydrogens (tertiary/aromatic N) is 4. The molecule has 0 bridgehead atoms. The fraction of sp³-hybridized carbons (Fsp3) is 0.375. The minimum atomic E-state index is -0.377. The van der Waals surface area contributed by atoms with E-state index < -0.39 is 0 Å². The second-order valence-electron chi connectivity index (χ2n) is 8.26. The number of ether oxygens (including phenoxy) is 2. The van der Waals surface area contributed by atoms with Crippen molar-refractivity contribution >= 4 is 29.3 Å². The standard InChI is InChI=1S/C24H27N5O3S/c1-16-5-8-19(9-6-16)29-23(28-11-3-4-12-28)26-27-24(29)33-17(2)22(30)25-18-7-10-20-21(15-18)32-14-13-31-20/h5-10,15,17H,3-4,11-14H2,1-2H3,(H,25,30). The summed E-state index contributed by atoms with van der Waals surface area (Å²) in [6, 6.07) is 13.7. The molecule has 1 fully saturated rings. The number of aryl methyl sites for hydroxylation is 1. The molecule has 1 saturated heterocycles. The fourth-order valence-corrected chi connectivity index (χ4v) is 4.82. The lowest BCUT2D eigenvalue weighted by atomic mass is 10.2. The first-order valence-corrected chi connectivity index (χ1v) is 12.1. The Morgan fingerprint density at radius 1 is 1.03 bits per heavy atom. The maximum Gasteiger partial charge on any atom is 0.237 e. The molecule has 3 heterocycles. The van der Waals surface area contributed by atoms with Crippen molar-refractivity contribution in [3.8, 4) is 17.2 Å². The smallest absolute Gasteiger partial charge is 0.237 e. The van der Waals surface area contributed by atoms with Crippen LogP contribution in [0.5, 0.6) is 11.5 Å². The van der Waals surface area contributed by atoms with Gasteiger partial charge in [0.05, 0.1) is 10.9 Å². The quantitative estimate of drug-likeness (QED) is 0.550. The number of hydrogen-bond acceptors (Lipinski definition) is 7. The molecule has 5 rings (SSSR count). The van der Waals surface area contributed by atoms with Crippen LogP contribution in [0, 0.1) is 6.92 Å². The first-order chi connectivity index (χ1) is 16.1. The van der Waals surface area contributed by atoms with Gasteiger partial charge in [0.1, 0.15) is 13.2 Å². The Balaban J connectivity index is 1.35. The number of aromatic nitrogens is 3. The second-order valence-corrected chi connectivity index (χ2v) is 9.56. The number of rotatable bonds is 6. The van der Waals surface area contributed by atoms with Gasteiger partial charge >= 0.3 is 0 Å². The van der Waals surface area contributed by atoms with Gasteiger partial charge in [0.2, 0.25) is 11.9 Å². The van der Waals surface area contributed by atoms with E-state index in [0.29, 0.717) is 35.6 Å². The molecule has 0 saturated carbocycles. The molecule has 2 aliphatic rings. The number of carbonyl (C=O) groups is 1. The van der Waals surface area contributed by atoms with Crippen LogP contribution in [-0.2, 0) is 4.79 Å². The van der Waals surface area contributed by atoms with Crippen molar-refractivity contribution in [2.45, 2.75) is 37.1 Å². The van der Waals surface area contributed by atoms with Crippen molar-refractivity contribution in [3.63, 3.8) is 0 Å². The van der Waals surface area contributed by atoms with E-state index in [1.54, 1.807) is 6.07 Å². The first kappa shape index (κ1) is 21.6. The van der Waals surface area contributed by atoms with Crippen LogP contribution < -0.4 is 19.7 Å². The first-order valence-electron chi connectivity index (χ1n) is 11.2. The van der Waals surface area contributed by atoms with Crippen molar-refractivity contribution in [1.29, 1.82) is 0 Å². The van der Waals surface area contributed by atoms with E-state index in [4.69, 9.17) is 9.47 Å². The molecule has 1 amide bonds. The van der Waals surface area contributed by atoms with E-state index in [-0.39, 0.29) is 11.2 Å². The lowest BCUT2D eigenvalue weighted by Gasteiger charge is -2.20. The average Bonchev–Trinajstić information content (AvgIpc) is 3.50. The molecular formula is C24H27N5O3S. The molecule has 33 heavy (non-hydrogen) atoms. The Hall–Kier alpha value is -3.20. The summed E-state index contributed by atoms with van der Waals surface area (Å²) in [5.41, 5.74) is 2.86. The van der Waals surface area contributed by atoms with E-state index in [1.165, 1.54) is 17.3 Å². The van der Waals surface area contributed by atoms with Crippen molar-refractivity contribution < 1.29 is 14.3 Å². The third-order valence-electron chi connectivity index (χ3n) is 5.76. The molecule has 2 aromatic carbocycles. The van der Waals surface area contributed by atoms with Gasteiger partial charge in [0.25, 0.3) is 0 Å². The van der Waals surface area contributed by atoms with E-state index in [2.05, 4.69) is 56.2 Å². The Kier molecular flexibility index (Phi) is 6.13. The van der Waals surface area contributed by atoms with Crippen LogP contribution in [0.15, 0.2) is 47.6 Å². The lowest BCUT2D eigenvalue weighted by Crippen LogP contribution is -2.24. The maximum absolute atomic E-state index is 13.0. The van der Waals surface area contributed by atoms with E-state index >= 15 is 0 Å². The van der Waals surface area contributed by atoms with Crippen LogP contribution in [0.1, 0.15) is 25.3 Å². The van der Waals surface area contributed by atoms with Crippen molar-refractivity contribution in [1.82, 2.24) is 14.8 Å². The van der Waals surface area contributed by atoms with Gasteiger partial charge in [-0.1, -0.05) is 29.5 Å². The van der Waals surface area contributed by atoms with E-state index in [1.807, 2.05) is 19.1 Å². The summed E-state index contributed by atoms with van der Waals surface area (Å²) in [6.45, 7) is 6.92. The SMILES string of the molecule is Cc1ccc(-n2c(SC(C)C(=O)Nc3ccc4c(c3)OCCO4)nnc2N2CCCC2)cc1. The number of carbonyl (C=O) groups excluding carboxylic acids is 1. The van der Waals surface area contributed by atoms with Crippen LogP contribution in [0.4, 0.5) is 11.6 Å². The van der Waals surface area contributed by atoms with Crippen LogP contribution >= 0.6 is 11.8 Å².